The van der Waals surface area contributed by atoms with Crippen LogP contribution in [0.1, 0.15) is 36.2 Å². The van der Waals surface area contributed by atoms with Crippen LogP contribution in [0.25, 0.3) is 0 Å². The Labute approximate surface area is 138 Å². The summed E-state index contributed by atoms with van der Waals surface area (Å²) in [6.07, 6.45) is -1.97. The third-order valence-electron chi connectivity index (χ3n) is 4.37. The normalized spacial score (nSPS) is 20.9. The molecule has 1 saturated heterocycles. The molecule has 0 spiro atoms. The van der Waals surface area contributed by atoms with E-state index in [0.717, 1.165) is 31.0 Å². The number of hydrogen-bond acceptors (Lipinski definition) is 3. The molecule has 1 aliphatic heterocycles. The van der Waals surface area contributed by atoms with Crippen molar-refractivity contribution in [3.63, 3.8) is 0 Å². The van der Waals surface area contributed by atoms with E-state index < -0.39 is 18.0 Å². The Balaban J connectivity index is 1.63. The first-order chi connectivity index (χ1) is 11.4. The molecule has 0 radical (unpaired) electrons. The average molecular weight is 339 g/mol. The second-order valence-electron chi connectivity index (χ2n) is 6.16. The minimum absolute atomic E-state index is 0.0992. The highest BCUT2D eigenvalue weighted by Gasteiger charge is 2.34. The number of likely N-dealkylation sites (tertiary alicyclic amines) is 1. The summed E-state index contributed by atoms with van der Waals surface area (Å²) in [6, 6.07) is 10.3. The molecule has 7 heteroatoms. The van der Waals surface area contributed by atoms with Crippen LogP contribution in [0.2, 0.25) is 0 Å². The zero-order valence-corrected chi connectivity index (χ0v) is 13.2. The van der Waals surface area contributed by atoms with Crippen molar-refractivity contribution < 1.29 is 18.3 Å². The second kappa shape index (κ2) is 6.94. The fraction of sp³-hybridized carbons (Fsp3) is 0.471. The van der Waals surface area contributed by atoms with Crippen LogP contribution in [0.5, 0.6) is 0 Å². The van der Waals surface area contributed by atoms with E-state index in [1.54, 1.807) is 0 Å². The molecule has 24 heavy (non-hydrogen) atoms. The van der Waals surface area contributed by atoms with Gasteiger partial charge < -0.3 is 5.11 Å². The lowest BCUT2D eigenvalue weighted by atomic mass is 10.0. The van der Waals surface area contributed by atoms with Crippen molar-refractivity contribution in [2.75, 3.05) is 19.6 Å². The lowest BCUT2D eigenvalue weighted by Crippen LogP contribution is -2.39. The van der Waals surface area contributed by atoms with Crippen LogP contribution in [-0.2, 0) is 6.18 Å². The number of piperidine rings is 1. The molecule has 1 aromatic heterocycles. The lowest BCUT2D eigenvalue weighted by Gasteiger charge is -2.34. The number of aliphatic hydroxyl groups excluding tert-OH is 1. The molecule has 1 N–H and O–H groups in total. The van der Waals surface area contributed by atoms with E-state index in [1.165, 1.54) is 10.9 Å². The molecule has 130 valence electrons. The monoisotopic (exact) mass is 339 g/mol. The van der Waals surface area contributed by atoms with Gasteiger partial charge in [0.25, 0.3) is 0 Å². The zero-order valence-electron chi connectivity index (χ0n) is 13.2. The van der Waals surface area contributed by atoms with Gasteiger partial charge in [0.1, 0.15) is 0 Å². The van der Waals surface area contributed by atoms with Crippen LogP contribution in [0, 0.1) is 0 Å². The molecule has 0 aliphatic carbocycles. The molecule has 1 aromatic carbocycles. The summed E-state index contributed by atoms with van der Waals surface area (Å²) in [5, 5.41) is 14.0. The molecular weight excluding hydrogens is 319 g/mol. The predicted molar refractivity (Wildman–Crippen MR) is 83.3 cm³/mol. The van der Waals surface area contributed by atoms with Gasteiger partial charge in [-0.2, -0.15) is 18.3 Å². The third-order valence-corrected chi connectivity index (χ3v) is 4.37. The zero-order chi connectivity index (χ0) is 17.2. The topological polar surface area (TPSA) is 41.3 Å². The maximum atomic E-state index is 12.7. The van der Waals surface area contributed by atoms with Crippen LogP contribution in [-0.4, -0.2) is 39.4 Å². The van der Waals surface area contributed by atoms with Crippen LogP contribution >= 0.6 is 0 Å². The van der Waals surface area contributed by atoms with E-state index in [2.05, 4.69) is 10.00 Å². The molecule has 2 atom stereocenters. The summed E-state index contributed by atoms with van der Waals surface area (Å²) in [4.78, 5) is 2.08. The predicted octanol–water partition coefficient (Wildman–Crippen LogP) is 3.27. The molecule has 0 unspecified atom stereocenters. The molecule has 0 amide bonds. The number of hydrogen-bond donors (Lipinski definition) is 1. The lowest BCUT2D eigenvalue weighted by molar-refractivity contribution is -0.141. The summed E-state index contributed by atoms with van der Waals surface area (Å²) >= 11 is 0. The largest absolute Gasteiger partial charge is 0.435 e. The number of nitrogens with zero attached hydrogens (tertiary/aromatic N) is 3. The number of rotatable bonds is 4. The standard InChI is InChI=1S/C17H20F3N3O/c18-17(19,20)16-8-10-23(21-16)14-7-4-9-22(11-14)12-15(24)13-5-2-1-3-6-13/h1-3,5-6,8,10,14-15,24H,4,7,9,11-12H2/t14-,15+/m0/s1. The fourth-order valence-electron chi connectivity index (χ4n) is 3.13. The summed E-state index contributed by atoms with van der Waals surface area (Å²) in [7, 11) is 0. The minimum atomic E-state index is -4.41. The Hall–Kier alpha value is -1.86. The molecule has 3 rings (SSSR count). The SMILES string of the molecule is O[C@H](CN1CCC[C@H](n2ccc(C(F)(F)F)n2)C1)c1ccccc1. The van der Waals surface area contributed by atoms with Gasteiger partial charge in [-0.25, -0.2) is 0 Å². The molecule has 1 fully saturated rings. The minimum Gasteiger partial charge on any atom is -0.387 e. The highest BCUT2D eigenvalue weighted by atomic mass is 19.4. The molecule has 2 heterocycles. The fourth-order valence-corrected chi connectivity index (χ4v) is 3.13. The highest BCUT2D eigenvalue weighted by Crippen LogP contribution is 2.29. The highest BCUT2D eigenvalue weighted by molar-refractivity contribution is 5.17. The van der Waals surface area contributed by atoms with E-state index >= 15 is 0 Å². The van der Waals surface area contributed by atoms with Gasteiger partial charge in [0.2, 0.25) is 0 Å². The summed E-state index contributed by atoms with van der Waals surface area (Å²) in [5.74, 6) is 0. The van der Waals surface area contributed by atoms with Gasteiger partial charge in [-0.15, -0.1) is 0 Å². The van der Waals surface area contributed by atoms with E-state index in [-0.39, 0.29) is 6.04 Å². The summed E-state index contributed by atoms with van der Waals surface area (Å²) < 4.78 is 39.5. The molecule has 0 saturated carbocycles. The van der Waals surface area contributed by atoms with Gasteiger partial charge in [0.15, 0.2) is 5.69 Å². The van der Waals surface area contributed by atoms with Crippen molar-refractivity contribution >= 4 is 0 Å². The van der Waals surface area contributed by atoms with Crippen molar-refractivity contribution in [3.8, 4) is 0 Å². The van der Waals surface area contributed by atoms with Crippen LogP contribution < -0.4 is 0 Å². The Morgan fingerprint density at radius 3 is 2.62 bits per heavy atom. The van der Waals surface area contributed by atoms with E-state index in [4.69, 9.17) is 0 Å². The molecular formula is C17H20F3N3O. The molecule has 0 bridgehead atoms. The Morgan fingerprint density at radius 2 is 1.96 bits per heavy atom. The van der Waals surface area contributed by atoms with Gasteiger partial charge in [0, 0.05) is 19.3 Å². The van der Waals surface area contributed by atoms with E-state index in [1.807, 2.05) is 30.3 Å². The maximum absolute atomic E-state index is 12.7. The molecule has 1 aliphatic rings. The maximum Gasteiger partial charge on any atom is 0.435 e. The summed E-state index contributed by atoms with van der Waals surface area (Å²) in [5.41, 5.74) is -0.0120. The first-order valence-corrected chi connectivity index (χ1v) is 8.01. The van der Waals surface area contributed by atoms with E-state index in [0.29, 0.717) is 13.1 Å². The van der Waals surface area contributed by atoms with Crippen LogP contribution in [0.3, 0.4) is 0 Å². The van der Waals surface area contributed by atoms with Crippen molar-refractivity contribution in [2.45, 2.75) is 31.2 Å². The van der Waals surface area contributed by atoms with E-state index in [9.17, 15) is 18.3 Å². The number of β-amino-alcohol motifs (C(OH)–C–C–N with tert-alkyl or cyclic N) is 1. The number of benzene rings is 1. The number of alkyl halides is 3. The average Bonchev–Trinajstić information content (AvgIpc) is 3.06. The molecule has 4 nitrogen and oxygen atoms in total. The number of aromatic nitrogens is 2. The van der Waals surface area contributed by atoms with Gasteiger partial charge >= 0.3 is 6.18 Å². The third kappa shape index (κ3) is 3.96. The van der Waals surface area contributed by atoms with Gasteiger partial charge in [-0.05, 0) is 31.0 Å². The second-order valence-corrected chi connectivity index (χ2v) is 6.16. The van der Waals surface area contributed by atoms with Gasteiger partial charge in [-0.1, -0.05) is 30.3 Å². The van der Waals surface area contributed by atoms with Crippen molar-refractivity contribution in [3.05, 3.63) is 53.9 Å². The van der Waals surface area contributed by atoms with Crippen molar-refractivity contribution in [1.29, 1.82) is 0 Å². The smallest absolute Gasteiger partial charge is 0.387 e. The van der Waals surface area contributed by atoms with Crippen molar-refractivity contribution in [1.82, 2.24) is 14.7 Å². The van der Waals surface area contributed by atoms with Gasteiger partial charge in [-0.3, -0.25) is 9.58 Å². The first kappa shape index (κ1) is 17.0. The molecule has 2 aromatic rings. The van der Waals surface area contributed by atoms with Crippen molar-refractivity contribution in [2.24, 2.45) is 0 Å². The quantitative estimate of drug-likeness (QED) is 0.929. The number of aliphatic hydroxyl groups is 1. The number of halogens is 3. The van der Waals surface area contributed by atoms with Crippen LogP contribution in [0.4, 0.5) is 13.2 Å². The Morgan fingerprint density at radius 1 is 1.21 bits per heavy atom. The Kier molecular flexibility index (Phi) is 4.91. The van der Waals surface area contributed by atoms with Gasteiger partial charge in [0.05, 0.1) is 12.1 Å². The first-order valence-electron chi connectivity index (χ1n) is 8.01. The Bertz CT molecular complexity index is 657. The van der Waals surface area contributed by atoms with Crippen LogP contribution in [0.15, 0.2) is 42.6 Å². The summed E-state index contributed by atoms with van der Waals surface area (Å²) in [6.45, 7) is 1.88.